The first-order chi connectivity index (χ1) is 13.3. The fourth-order valence-corrected chi connectivity index (χ4v) is 4.22. The van der Waals surface area contributed by atoms with Crippen LogP contribution in [0.3, 0.4) is 0 Å². The molecular formula is C20H25ClN2O4S. The quantitative estimate of drug-likeness (QED) is 0.647. The number of carbonyl (C=O) groups is 1. The molecule has 28 heavy (non-hydrogen) atoms. The van der Waals surface area contributed by atoms with E-state index in [0.29, 0.717) is 0 Å². The summed E-state index contributed by atoms with van der Waals surface area (Å²) in [5.74, 6) is -0.236. The van der Waals surface area contributed by atoms with Crippen molar-refractivity contribution >= 4 is 27.5 Å². The first kappa shape index (κ1) is 22.2. The molecule has 8 heteroatoms. The summed E-state index contributed by atoms with van der Waals surface area (Å²) < 4.78 is 33.7. The summed E-state index contributed by atoms with van der Waals surface area (Å²) in [5.41, 5.74) is 0.840. The van der Waals surface area contributed by atoms with Gasteiger partial charge in [-0.05, 0) is 43.5 Å². The Hall–Kier alpha value is -2.09. The molecule has 0 saturated heterocycles. The number of hydrogen-bond donors (Lipinski definition) is 2. The van der Waals surface area contributed by atoms with E-state index in [1.54, 1.807) is 0 Å². The lowest BCUT2D eigenvalue weighted by atomic mass is 10.1. The van der Waals surface area contributed by atoms with Gasteiger partial charge in [-0.3, -0.25) is 4.79 Å². The van der Waals surface area contributed by atoms with Crippen molar-refractivity contribution in [3.05, 3.63) is 59.1 Å². The van der Waals surface area contributed by atoms with Crippen LogP contribution >= 0.6 is 11.6 Å². The molecule has 0 aromatic heterocycles. The average Bonchev–Trinajstić information content (AvgIpc) is 2.68. The largest absolute Gasteiger partial charge is 0.495 e. The molecule has 2 aromatic rings. The topological polar surface area (TPSA) is 84.5 Å². The molecule has 0 unspecified atom stereocenters. The zero-order valence-electron chi connectivity index (χ0n) is 16.1. The Balaban J connectivity index is 2.35. The molecule has 0 aliphatic heterocycles. The molecule has 2 aromatic carbocycles. The van der Waals surface area contributed by atoms with Crippen molar-refractivity contribution in [2.75, 3.05) is 7.11 Å². The maximum absolute atomic E-state index is 13.0. The SMILES string of the molecule is CC[C@@H](C)NC(=O)[C@@H](Cc1ccccc1)NS(=O)(=O)c1cc(Cl)ccc1OC. The molecule has 0 bridgehead atoms. The van der Waals surface area contributed by atoms with E-state index in [9.17, 15) is 13.2 Å². The number of amides is 1. The van der Waals surface area contributed by atoms with Crippen molar-refractivity contribution in [2.24, 2.45) is 0 Å². The third-order valence-electron chi connectivity index (χ3n) is 4.31. The van der Waals surface area contributed by atoms with Gasteiger partial charge in [0.05, 0.1) is 7.11 Å². The number of carbonyl (C=O) groups excluding carboxylic acids is 1. The van der Waals surface area contributed by atoms with Gasteiger partial charge in [-0.2, -0.15) is 4.72 Å². The second-order valence-corrected chi connectivity index (χ2v) is 8.60. The second kappa shape index (κ2) is 9.91. The Morgan fingerprint density at radius 3 is 2.46 bits per heavy atom. The maximum Gasteiger partial charge on any atom is 0.245 e. The standard InChI is InChI=1S/C20H25ClN2O4S/c1-4-14(2)22-20(24)17(12-15-8-6-5-7-9-15)23-28(25,26)19-13-16(21)10-11-18(19)27-3/h5-11,13-14,17,23H,4,12H2,1-3H3,(H,22,24)/t14-,17-/m1/s1. The molecule has 0 spiro atoms. The van der Waals surface area contributed by atoms with Crippen LogP contribution in [0.25, 0.3) is 0 Å². The molecule has 2 N–H and O–H groups in total. The predicted octanol–water partition coefficient (Wildman–Crippen LogP) is 3.15. The molecule has 0 aliphatic carbocycles. The summed E-state index contributed by atoms with van der Waals surface area (Å²) in [6.07, 6.45) is 0.948. The fraction of sp³-hybridized carbons (Fsp3) is 0.350. The highest BCUT2D eigenvalue weighted by Gasteiger charge is 2.29. The van der Waals surface area contributed by atoms with E-state index >= 15 is 0 Å². The van der Waals surface area contributed by atoms with Crippen LogP contribution in [0.5, 0.6) is 5.75 Å². The molecule has 0 aliphatic rings. The zero-order valence-corrected chi connectivity index (χ0v) is 17.7. The smallest absolute Gasteiger partial charge is 0.245 e. The lowest BCUT2D eigenvalue weighted by molar-refractivity contribution is -0.123. The molecule has 152 valence electrons. The van der Waals surface area contributed by atoms with Gasteiger partial charge in [0.25, 0.3) is 0 Å². The van der Waals surface area contributed by atoms with Crippen LogP contribution in [0.2, 0.25) is 5.02 Å². The Morgan fingerprint density at radius 2 is 1.86 bits per heavy atom. The monoisotopic (exact) mass is 424 g/mol. The number of halogens is 1. The number of hydrogen-bond acceptors (Lipinski definition) is 4. The number of rotatable bonds is 9. The van der Waals surface area contributed by atoms with E-state index in [4.69, 9.17) is 16.3 Å². The van der Waals surface area contributed by atoms with Crippen molar-refractivity contribution in [2.45, 2.75) is 43.7 Å². The minimum absolute atomic E-state index is 0.0732. The van der Waals surface area contributed by atoms with E-state index in [0.717, 1.165) is 12.0 Å². The summed E-state index contributed by atoms with van der Waals surface area (Å²) in [6, 6.07) is 12.5. The van der Waals surface area contributed by atoms with Gasteiger partial charge in [0.15, 0.2) is 0 Å². The van der Waals surface area contributed by atoms with Crippen LogP contribution in [-0.2, 0) is 21.2 Å². The molecule has 2 atom stereocenters. The normalized spacial score (nSPS) is 13.6. The van der Waals surface area contributed by atoms with E-state index in [2.05, 4.69) is 10.0 Å². The zero-order chi connectivity index (χ0) is 20.7. The van der Waals surface area contributed by atoms with Crippen LogP contribution in [0, 0.1) is 0 Å². The van der Waals surface area contributed by atoms with Crippen molar-refractivity contribution in [1.82, 2.24) is 10.0 Å². The van der Waals surface area contributed by atoms with E-state index in [-0.39, 0.29) is 34.0 Å². The van der Waals surface area contributed by atoms with E-state index < -0.39 is 16.1 Å². The summed E-state index contributed by atoms with van der Waals surface area (Å²) in [7, 11) is -2.68. The Bertz CT molecular complexity index is 904. The Labute approximate surface area is 171 Å². The number of ether oxygens (including phenoxy) is 1. The van der Waals surface area contributed by atoms with Crippen molar-refractivity contribution in [3.63, 3.8) is 0 Å². The van der Waals surface area contributed by atoms with Crippen molar-refractivity contribution in [1.29, 1.82) is 0 Å². The maximum atomic E-state index is 13.0. The lowest BCUT2D eigenvalue weighted by Crippen LogP contribution is -2.50. The molecule has 0 fully saturated rings. The Kier molecular flexibility index (Phi) is 7.86. The molecule has 6 nitrogen and oxygen atoms in total. The van der Waals surface area contributed by atoms with Gasteiger partial charge >= 0.3 is 0 Å². The van der Waals surface area contributed by atoms with Gasteiger partial charge in [0.1, 0.15) is 16.7 Å². The van der Waals surface area contributed by atoms with Gasteiger partial charge in [-0.1, -0.05) is 48.9 Å². The molecular weight excluding hydrogens is 400 g/mol. The third-order valence-corrected chi connectivity index (χ3v) is 6.04. The van der Waals surface area contributed by atoms with Crippen LogP contribution in [0.15, 0.2) is 53.4 Å². The van der Waals surface area contributed by atoms with E-state index in [1.807, 2.05) is 44.2 Å². The number of sulfonamides is 1. The minimum Gasteiger partial charge on any atom is -0.495 e. The number of benzene rings is 2. The fourth-order valence-electron chi connectivity index (χ4n) is 2.59. The summed E-state index contributed by atoms with van der Waals surface area (Å²) in [4.78, 5) is 12.6. The van der Waals surface area contributed by atoms with Crippen molar-refractivity contribution < 1.29 is 17.9 Å². The number of nitrogens with one attached hydrogen (secondary N) is 2. The number of methoxy groups -OCH3 is 1. The second-order valence-electron chi connectivity index (χ2n) is 6.48. The van der Waals surface area contributed by atoms with E-state index in [1.165, 1.54) is 25.3 Å². The van der Waals surface area contributed by atoms with Crippen LogP contribution in [-0.4, -0.2) is 33.5 Å². The van der Waals surface area contributed by atoms with Crippen LogP contribution < -0.4 is 14.8 Å². The average molecular weight is 425 g/mol. The molecule has 0 radical (unpaired) electrons. The summed E-state index contributed by atoms with van der Waals surface area (Å²) in [5, 5.41) is 3.10. The molecule has 1 amide bonds. The van der Waals surface area contributed by atoms with Gasteiger partial charge in [-0.25, -0.2) is 8.42 Å². The first-order valence-corrected chi connectivity index (χ1v) is 10.8. The highest BCUT2D eigenvalue weighted by atomic mass is 35.5. The molecule has 0 heterocycles. The first-order valence-electron chi connectivity index (χ1n) is 8.97. The molecule has 2 rings (SSSR count). The van der Waals surface area contributed by atoms with Gasteiger partial charge < -0.3 is 10.1 Å². The van der Waals surface area contributed by atoms with Crippen LogP contribution in [0.1, 0.15) is 25.8 Å². The third kappa shape index (κ3) is 5.95. The van der Waals surface area contributed by atoms with Crippen molar-refractivity contribution in [3.8, 4) is 5.75 Å². The van der Waals surface area contributed by atoms with Crippen LogP contribution in [0.4, 0.5) is 0 Å². The summed E-state index contributed by atoms with van der Waals surface area (Å²) in [6.45, 7) is 3.81. The highest BCUT2D eigenvalue weighted by Crippen LogP contribution is 2.27. The van der Waals surface area contributed by atoms with Gasteiger partial charge in [-0.15, -0.1) is 0 Å². The Morgan fingerprint density at radius 1 is 1.18 bits per heavy atom. The lowest BCUT2D eigenvalue weighted by Gasteiger charge is -2.21. The highest BCUT2D eigenvalue weighted by molar-refractivity contribution is 7.89. The summed E-state index contributed by atoms with van der Waals surface area (Å²) >= 11 is 5.97. The minimum atomic E-state index is -4.05. The van der Waals surface area contributed by atoms with Gasteiger partial charge in [0, 0.05) is 11.1 Å². The van der Waals surface area contributed by atoms with Gasteiger partial charge in [0.2, 0.25) is 15.9 Å². The predicted molar refractivity (Wildman–Crippen MR) is 110 cm³/mol. The molecule has 0 saturated carbocycles.